The molecule has 0 saturated carbocycles. The van der Waals surface area contributed by atoms with E-state index in [2.05, 4.69) is 26.5 Å². The average Bonchev–Trinajstić information content (AvgIpc) is 2.50. The van der Waals surface area contributed by atoms with E-state index in [4.69, 9.17) is 5.73 Å². The summed E-state index contributed by atoms with van der Waals surface area (Å²) in [5, 5.41) is 21.2. The molecule has 4 N–H and O–H groups in total. The number of phenols is 2. The number of aromatic hydroxyl groups is 2. The van der Waals surface area contributed by atoms with Crippen molar-refractivity contribution in [3.05, 3.63) is 47.1 Å². The van der Waals surface area contributed by atoms with Crippen LogP contribution in [0.3, 0.4) is 0 Å². The topological polar surface area (TPSA) is 66.5 Å². The van der Waals surface area contributed by atoms with E-state index in [-0.39, 0.29) is 17.4 Å². The highest BCUT2D eigenvalue weighted by atomic mass is 16.3. The highest BCUT2D eigenvalue weighted by molar-refractivity contribution is 5.54. The molecule has 1 aromatic carbocycles. The summed E-state index contributed by atoms with van der Waals surface area (Å²) in [5.41, 5.74) is 9.61. The smallest absolute Gasteiger partial charge is 0.123 e. The maximum Gasteiger partial charge on any atom is 0.123 e. The van der Waals surface area contributed by atoms with Gasteiger partial charge < -0.3 is 15.9 Å². The van der Waals surface area contributed by atoms with E-state index < -0.39 is 5.54 Å². The lowest BCUT2D eigenvalue weighted by Crippen LogP contribution is -2.47. The molecule has 3 nitrogen and oxygen atoms in total. The Bertz CT molecular complexity index is 624. The lowest BCUT2D eigenvalue weighted by Gasteiger charge is -2.41. The lowest BCUT2D eigenvalue weighted by atomic mass is 9.68. The molecule has 2 atom stereocenters. The van der Waals surface area contributed by atoms with Crippen molar-refractivity contribution in [1.29, 1.82) is 0 Å². The van der Waals surface area contributed by atoms with E-state index in [0.29, 0.717) is 5.56 Å². The zero-order valence-electron chi connectivity index (χ0n) is 15.2. The van der Waals surface area contributed by atoms with Crippen LogP contribution in [0.1, 0.15) is 69.9 Å². The molecule has 0 amide bonds. The molecule has 0 unspecified atom stereocenters. The fraction of sp³-hybridized carbons (Fsp3) is 0.524. The number of unbranched alkanes of at least 4 members (excludes halogenated alkanes) is 2. The van der Waals surface area contributed by atoms with E-state index in [9.17, 15) is 10.2 Å². The molecule has 0 fully saturated rings. The number of nitrogens with two attached hydrogens (primary N) is 1. The monoisotopic (exact) mass is 329 g/mol. The fourth-order valence-electron chi connectivity index (χ4n) is 3.62. The maximum absolute atomic E-state index is 10.6. The summed E-state index contributed by atoms with van der Waals surface area (Å²) in [6, 6.07) is 3.56. The Morgan fingerprint density at radius 1 is 1.29 bits per heavy atom. The molecule has 1 aromatic rings. The van der Waals surface area contributed by atoms with Crippen molar-refractivity contribution in [3.63, 3.8) is 0 Å². The Balaban J connectivity index is 2.42. The first-order valence-electron chi connectivity index (χ1n) is 8.96. The normalized spacial score (nSPS) is 23.8. The van der Waals surface area contributed by atoms with Gasteiger partial charge in [0.2, 0.25) is 0 Å². The Hall–Kier alpha value is -1.74. The third-order valence-electron chi connectivity index (χ3n) is 5.31. The number of rotatable bonds is 6. The van der Waals surface area contributed by atoms with Gasteiger partial charge in [-0.25, -0.2) is 0 Å². The summed E-state index contributed by atoms with van der Waals surface area (Å²) in [7, 11) is 0. The van der Waals surface area contributed by atoms with Gasteiger partial charge in [-0.05, 0) is 57.2 Å². The predicted octanol–water partition coefficient (Wildman–Crippen LogP) is 4.93. The molecule has 2 rings (SSSR count). The Morgan fingerprint density at radius 3 is 2.46 bits per heavy atom. The van der Waals surface area contributed by atoms with Crippen LogP contribution >= 0.6 is 0 Å². The van der Waals surface area contributed by atoms with E-state index in [1.807, 2.05) is 6.92 Å². The van der Waals surface area contributed by atoms with Crippen LogP contribution in [0.25, 0.3) is 0 Å². The minimum atomic E-state index is -0.641. The van der Waals surface area contributed by atoms with Crippen LogP contribution in [-0.2, 0) is 6.42 Å². The first-order chi connectivity index (χ1) is 11.3. The van der Waals surface area contributed by atoms with Crippen molar-refractivity contribution in [1.82, 2.24) is 0 Å². The zero-order chi connectivity index (χ0) is 17.9. The van der Waals surface area contributed by atoms with Crippen molar-refractivity contribution in [2.45, 2.75) is 70.8 Å². The standard InChI is InChI=1S/C21H31NO2/c1-5-6-7-8-16-12-18(23)20(19(24)13-16)17-11-15(4)9-10-21(17,22)14(2)3/h11-13,17,23-24H,2,5-10,22H2,1,3-4H3/t17-,21+/m0/s1. The molecular weight excluding hydrogens is 298 g/mol. The van der Waals surface area contributed by atoms with Crippen molar-refractivity contribution >= 4 is 0 Å². The zero-order valence-corrected chi connectivity index (χ0v) is 15.2. The highest BCUT2D eigenvalue weighted by Crippen LogP contribution is 2.47. The summed E-state index contributed by atoms with van der Waals surface area (Å²) >= 11 is 0. The van der Waals surface area contributed by atoms with Gasteiger partial charge in [-0.3, -0.25) is 0 Å². The molecule has 3 heteroatoms. The summed E-state index contributed by atoms with van der Waals surface area (Å²) < 4.78 is 0. The van der Waals surface area contributed by atoms with Crippen LogP contribution in [0.15, 0.2) is 35.9 Å². The van der Waals surface area contributed by atoms with Crippen molar-refractivity contribution in [3.8, 4) is 11.5 Å². The van der Waals surface area contributed by atoms with Gasteiger partial charge in [0.05, 0.1) is 0 Å². The van der Waals surface area contributed by atoms with Crippen LogP contribution in [0.2, 0.25) is 0 Å². The van der Waals surface area contributed by atoms with Gasteiger partial charge in [0.25, 0.3) is 0 Å². The van der Waals surface area contributed by atoms with Gasteiger partial charge in [0.15, 0.2) is 0 Å². The maximum atomic E-state index is 10.6. The Morgan fingerprint density at radius 2 is 1.92 bits per heavy atom. The van der Waals surface area contributed by atoms with Crippen LogP contribution in [0.5, 0.6) is 11.5 Å². The Kier molecular flexibility index (Phi) is 5.76. The molecule has 0 bridgehead atoms. The van der Waals surface area contributed by atoms with Crippen LogP contribution < -0.4 is 5.73 Å². The highest BCUT2D eigenvalue weighted by Gasteiger charge is 2.40. The summed E-state index contributed by atoms with van der Waals surface area (Å²) in [4.78, 5) is 0. The van der Waals surface area contributed by atoms with Gasteiger partial charge >= 0.3 is 0 Å². The van der Waals surface area contributed by atoms with E-state index in [0.717, 1.165) is 49.7 Å². The number of allylic oxidation sites excluding steroid dienone is 1. The second kappa shape index (κ2) is 7.43. The van der Waals surface area contributed by atoms with Crippen LogP contribution in [0, 0.1) is 0 Å². The minimum absolute atomic E-state index is 0.133. The third kappa shape index (κ3) is 3.67. The molecule has 24 heavy (non-hydrogen) atoms. The average molecular weight is 329 g/mol. The van der Waals surface area contributed by atoms with E-state index in [1.165, 1.54) is 5.57 Å². The summed E-state index contributed by atoms with van der Waals surface area (Å²) in [6.45, 7) is 10.2. The summed E-state index contributed by atoms with van der Waals surface area (Å²) in [6.07, 6.45) is 7.98. The molecule has 0 heterocycles. The van der Waals surface area contributed by atoms with Crippen molar-refractivity contribution < 1.29 is 10.2 Å². The molecule has 1 aliphatic carbocycles. The fourth-order valence-corrected chi connectivity index (χ4v) is 3.62. The van der Waals surface area contributed by atoms with Crippen LogP contribution in [0.4, 0.5) is 0 Å². The Labute approximate surface area is 145 Å². The van der Waals surface area contributed by atoms with Crippen molar-refractivity contribution in [2.75, 3.05) is 0 Å². The molecule has 0 aliphatic heterocycles. The van der Waals surface area contributed by atoms with E-state index in [1.54, 1.807) is 12.1 Å². The molecule has 0 aromatic heterocycles. The van der Waals surface area contributed by atoms with Gasteiger partial charge in [-0.1, -0.05) is 43.6 Å². The second-order valence-corrected chi connectivity index (χ2v) is 7.32. The van der Waals surface area contributed by atoms with Gasteiger partial charge in [0.1, 0.15) is 11.5 Å². The van der Waals surface area contributed by atoms with Gasteiger partial charge in [-0.2, -0.15) is 0 Å². The lowest BCUT2D eigenvalue weighted by molar-refractivity contribution is 0.367. The molecule has 132 valence electrons. The molecule has 0 radical (unpaired) electrons. The number of hydrogen-bond acceptors (Lipinski definition) is 3. The third-order valence-corrected chi connectivity index (χ3v) is 5.31. The van der Waals surface area contributed by atoms with Crippen molar-refractivity contribution in [2.24, 2.45) is 5.73 Å². The van der Waals surface area contributed by atoms with Crippen LogP contribution in [-0.4, -0.2) is 15.8 Å². The largest absolute Gasteiger partial charge is 0.507 e. The second-order valence-electron chi connectivity index (χ2n) is 7.32. The number of phenolic OH excluding ortho intramolecular Hbond substituents is 2. The van der Waals surface area contributed by atoms with E-state index >= 15 is 0 Å². The molecule has 0 spiro atoms. The minimum Gasteiger partial charge on any atom is -0.507 e. The number of aryl methyl sites for hydroxylation is 1. The molecule has 1 aliphatic rings. The molecular formula is C21H31NO2. The van der Waals surface area contributed by atoms with Gasteiger partial charge in [-0.15, -0.1) is 0 Å². The number of hydrogen-bond donors (Lipinski definition) is 3. The first kappa shape index (κ1) is 18.6. The first-order valence-corrected chi connectivity index (χ1v) is 8.96. The SMILES string of the molecule is C=C(C)[C@]1(N)CCC(C)=C[C@H]1c1c(O)cc(CCCCC)cc1O. The predicted molar refractivity (Wildman–Crippen MR) is 100 cm³/mol. The molecule has 0 saturated heterocycles. The quantitative estimate of drug-likeness (QED) is 0.512. The number of benzene rings is 1. The van der Waals surface area contributed by atoms with Gasteiger partial charge in [0, 0.05) is 17.0 Å². The summed E-state index contributed by atoms with van der Waals surface area (Å²) in [5.74, 6) is 0.00971.